The van der Waals surface area contributed by atoms with E-state index in [1.54, 1.807) is 17.7 Å². The van der Waals surface area contributed by atoms with Crippen LogP contribution in [0.1, 0.15) is 23.7 Å². The summed E-state index contributed by atoms with van der Waals surface area (Å²) in [5.41, 5.74) is 2.27. The molecule has 3 aromatic heterocycles. The third-order valence-corrected chi connectivity index (χ3v) is 7.45. The van der Waals surface area contributed by atoms with Crippen molar-refractivity contribution >= 4 is 55.7 Å². The summed E-state index contributed by atoms with van der Waals surface area (Å²) in [4.78, 5) is 23.8. The number of carbonyl (C=O) groups excluding carboxylic acids is 1. The molecule has 0 spiro atoms. The van der Waals surface area contributed by atoms with Crippen LogP contribution in [0.2, 0.25) is 0 Å². The van der Waals surface area contributed by atoms with Crippen LogP contribution in [0.4, 0.5) is 5.13 Å². The normalized spacial score (nSPS) is 12.2. The number of rotatable bonds is 6. The average molecular weight is 442 g/mol. The van der Waals surface area contributed by atoms with Gasteiger partial charge in [0.1, 0.15) is 21.2 Å². The first-order chi connectivity index (χ1) is 14.1. The summed E-state index contributed by atoms with van der Waals surface area (Å²) in [5.74, 6) is -0.117. The Kier molecular flexibility index (Phi) is 5.89. The molecular formula is C20H19N5OS3. The molecule has 4 aromatic rings. The molecule has 3 heterocycles. The maximum absolute atomic E-state index is 12.7. The first kappa shape index (κ1) is 19.9. The highest BCUT2D eigenvalue weighted by Gasteiger charge is 2.22. The Morgan fingerprint density at radius 1 is 1.17 bits per heavy atom. The number of thioether (sulfide) groups is 1. The van der Waals surface area contributed by atoms with Crippen LogP contribution < -0.4 is 5.32 Å². The number of aryl methyl sites for hydroxylation is 2. The third kappa shape index (κ3) is 4.17. The fourth-order valence-electron chi connectivity index (χ4n) is 2.93. The number of carbonyl (C=O) groups is 1. The van der Waals surface area contributed by atoms with E-state index in [4.69, 9.17) is 0 Å². The first-order valence-electron chi connectivity index (χ1n) is 9.16. The minimum atomic E-state index is -0.342. The van der Waals surface area contributed by atoms with Crippen molar-refractivity contribution in [3.05, 3.63) is 46.5 Å². The van der Waals surface area contributed by atoms with E-state index >= 15 is 0 Å². The van der Waals surface area contributed by atoms with Crippen molar-refractivity contribution < 1.29 is 4.79 Å². The lowest BCUT2D eigenvalue weighted by Crippen LogP contribution is -2.22. The van der Waals surface area contributed by atoms with Gasteiger partial charge in [-0.25, -0.2) is 9.97 Å². The number of thiophene rings is 1. The number of hydrogen-bond donors (Lipinski definition) is 1. The summed E-state index contributed by atoms with van der Waals surface area (Å²) in [6.07, 6.45) is 2.37. The number of benzene rings is 1. The molecule has 0 saturated carbocycles. The molecule has 148 valence electrons. The molecule has 0 bridgehead atoms. The molecule has 29 heavy (non-hydrogen) atoms. The highest BCUT2D eigenvalue weighted by atomic mass is 32.2. The summed E-state index contributed by atoms with van der Waals surface area (Å²) in [6, 6.07) is 10.2. The minimum absolute atomic E-state index is 0.117. The van der Waals surface area contributed by atoms with Crippen molar-refractivity contribution in [3.63, 3.8) is 0 Å². The highest BCUT2D eigenvalue weighted by molar-refractivity contribution is 8.00. The fraction of sp³-hybridized carbons (Fsp3) is 0.250. The van der Waals surface area contributed by atoms with Crippen molar-refractivity contribution in [3.8, 4) is 11.1 Å². The second-order valence-corrected chi connectivity index (χ2v) is 9.96. The van der Waals surface area contributed by atoms with Crippen molar-refractivity contribution in [1.29, 1.82) is 0 Å². The summed E-state index contributed by atoms with van der Waals surface area (Å²) in [6.45, 7) is 5.98. The number of aromatic nitrogens is 4. The molecule has 1 N–H and O–H groups in total. The Balaban J connectivity index is 1.63. The summed E-state index contributed by atoms with van der Waals surface area (Å²) < 4.78 is 0. The molecule has 0 aliphatic carbocycles. The molecule has 9 heteroatoms. The third-order valence-electron chi connectivity index (χ3n) is 4.35. The van der Waals surface area contributed by atoms with Gasteiger partial charge in [-0.3, -0.25) is 10.1 Å². The second-order valence-electron chi connectivity index (χ2n) is 6.36. The van der Waals surface area contributed by atoms with Gasteiger partial charge in [0.25, 0.3) is 0 Å². The van der Waals surface area contributed by atoms with Gasteiger partial charge in [-0.1, -0.05) is 60.4 Å². The molecule has 0 saturated heterocycles. The van der Waals surface area contributed by atoms with E-state index < -0.39 is 0 Å². The van der Waals surface area contributed by atoms with Crippen LogP contribution in [0.15, 0.2) is 41.7 Å². The Morgan fingerprint density at radius 3 is 2.69 bits per heavy atom. The molecule has 1 amide bonds. The van der Waals surface area contributed by atoms with Crippen LogP contribution in [-0.2, 0) is 11.2 Å². The Morgan fingerprint density at radius 2 is 1.97 bits per heavy atom. The number of hydrogen-bond acceptors (Lipinski definition) is 8. The standard InChI is InChI=1S/C20H19N5OS3/c1-4-14-24-25-20(29-14)23-17(26)12(3)28-19-16-15(13-8-6-5-7-9-13)11(2)27-18(16)21-10-22-19/h5-10,12H,4H2,1-3H3,(H,23,25,26). The molecule has 0 fully saturated rings. The Hall–Kier alpha value is -2.36. The van der Waals surface area contributed by atoms with E-state index in [9.17, 15) is 4.79 Å². The zero-order valence-electron chi connectivity index (χ0n) is 16.2. The molecule has 0 aliphatic heterocycles. The molecule has 1 aromatic carbocycles. The van der Waals surface area contributed by atoms with Crippen LogP contribution in [-0.4, -0.2) is 31.3 Å². The van der Waals surface area contributed by atoms with Crippen LogP contribution in [0.5, 0.6) is 0 Å². The van der Waals surface area contributed by atoms with Crippen LogP contribution >= 0.6 is 34.4 Å². The number of nitrogens with one attached hydrogen (secondary N) is 1. The minimum Gasteiger partial charge on any atom is -0.300 e. The predicted molar refractivity (Wildman–Crippen MR) is 121 cm³/mol. The van der Waals surface area contributed by atoms with E-state index in [1.807, 2.05) is 32.0 Å². The first-order valence-corrected chi connectivity index (χ1v) is 11.7. The largest absolute Gasteiger partial charge is 0.300 e. The van der Waals surface area contributed by atoms with Crippen molar-refractivity contribution in [1.82, 2.24) is 20.2 Å². The van der Waals surface area contributed by atoms with Crippen molar-refractivity contribution in [2.75, 3.05) is 5.32 Å². The van der Waals surface area contributed by atoms with Crippen LogP contribution in [0.3, 0.4) is 0 Å². The summed E-state index contributed by atoms with van der Waals surface area (Å²) in [7, 11) is 0. The van der Waals surface area contributed by atoms with Gasteiger partial charge in [0.15, 0.2) is 0 Å². The Labute approximate surface area is 180 Å². The quantitative estimate of drug-likeness (QED) is 0.327. The van der Waals surface area contributed by atoms with Gasteiger partial charge in [0.2, 0.25) is 11.0 Å². The lowest BCUT2D eigenvalue weighted by molar-refractivity contribution is -0.115. The van der Waals surface area contributed by atoms with E-state index in [2.05, 4.69) is 44.5 Å². The molecule has 4 rings (SSSR count). The van der Waals surface area contributed by atoms with Gasteiger partial charge in [-0.05, 0) is 25.8 Å². The molecule has 0 radical (unpaired) electrons. The van der Waals surface area contributed by atoms with Crippen molar-refractivity contribution in [2.45, 2.75) is 37.5 Å². The van der Waals surface area contributed by atoms with E-state index in [0.717, 1.165) is 37.8 Å². The molecule has 1 atom stereocenters. The smallest absolute Gasteiger partial charge is 0.239 e. The predicted octanol–water partition coefficient (Wildman–Crippen LogP) is 5.20. The topological polar surface area (TPSA) is 80.7 Å². The average Bonchev–Trinajstić information content (AvgIpc) is 3.32. The van der Waals surface area contributed by atoms with Crippen LogP contribution in [0, 0.1) is 6.92 Å². The van der Waals surface area contributed by atoms with Gasteiger partial charge >= 0.3 is 0 Å². The number of anilines is 1. The second kappa shape index (κ2) is 8.56. The molecule has 0 aliphatic rings. The monoisotopic (exact) mass is 441 g/mol. The molecule has 1 unspecified atom stereocenters. The van der Waals surface area contributed by atoms with Gasteiger partial charge in [-0.15, -0.1) is 21.5 Å². The van der Waals surface area contributed by atoms with E-state index in [0.29, 0.717) is 5.13 Å². The SMILES string of the molecule is CCc1nnc(NC(=O)C(C)Sc2ncnc3sc(C)c(-c4ccccc4)c23)s1. The lowest BCUT2D eigenvalue weighted by atomic mass is 10.0. The summed E-state index contributed by atoms with van der Waals surface area (Å²) in [5, 5.41) is 13.8. The van der Waals surface area contributed by atoms with Crippen LogP contribution in [0.25, 0.3) is 21.3 Å². The van der Waals surface area contributed by atoms with E-state index in [-0.39, 0.29) is 11.2 Å². The van der Waals surface area contributed by atoms with Gasteiger partial charge in [-0.2, -0.15) is 0 Å². The molecular weight excluding hydrogens is 422 g/mol. The number of fused-ring (bicyclic) bond motifs is 1. The van der Waals surface area contributed by atoms with Gasteiger partial charge < -0.3 is 0 Å². The zero-order valence-corrected chi connectivity index (χ0v) is 18.6. The molecule has 6 nitrogen and oxygen atoms in total. The number of nitrogens with zero attached hydrogens (tertiary/aromatic N) is 4. The summed E-state index contributed by atoms with van der Waals surface area (Å²) >= 11 is 4.49. The Bertz CT molecular complexity index is 1160. The highest BCUT2D eigenvalue weighted by Crippen LogP contribution is 2.42. The maximum Gasteiger partial charge on any atom is 0.239 e. The lowest BCUT2D eigenvalue weighted by Gasteiger charge is -2.11. The van der Waals surface area contributed by atoms with Gasteiger partial charge in [0, 0.05) is 10.4 Å². The number of amides is 1. The fourth-order valence-corrected chi connectivity index (χ4v) is 5.62. The zero-order chi connectivity index (χ0) is 20.4. The maximum atomic E-state index is 12.7. The van der Waals surface area contributed by atoms with Gasteiger partial charge in [0.05, 0.1) is 10.6 Å². The van der Waals surface area contributed by atoms with Crippen molar-refractivity contribution in [2.24, 2.45) is 0 Å². The van der Waals surface area contributed by atoms with E-state index in [1.165, 1.54) is 28.0 Å².